The smallest absolute Gasteiger partial charge is 0.161 e. The zero-order valence-corrected chi connectivity index (χ0v) is 16.3. The van der Waals surface area contributed by atoms with Gasteiger partial charge in [-0.05, 0) is 65.0 Å². The minimum Gasteiger partial charge on any atom is -0.391 e. The molecular weight excluding hydrogens is 340 g/mol. The number of aromatic amines is 1. The van der Waals surface area contributed by atoms with E-state index in [0.29, 0.717) is 12.8 Å². The van der Waals surface area contributed by atoms with E-state index in [2.05, 4.69) is 37.9 Å². The van der Waals surface area contributed by atoms with Crippen LogP contribution in [0.5, 0.6) is 0 Å². The van der Waals surface area contributed by atoms with Crippen LogP contribution in [0.25, 0.3) is 0 Å². The molecule has 0 spiro atoms. The Morgan fingerprint density at radius 1 is 1.28 bits per heavy atom. The molecule has 142 valence electrons. The Kier molecular flexibility index (Phi) is 8.73. The minimum atomic E-state index is -0.744. The highest BCUT2D eigenvalue weighted by Crippen LogP contribution is 2.29. The van der Waals surface area contributed by atoms with Crippen LogP contribution < -0.4 is 5.23 Å². The van der Waals surface area contributed by atoms with Crippen LogP contribution in [0, 0.1) is 0 Å². The van der Waals surface area contributed by atoms with Crippen LogP contribution in [0.3, 0.4) is 0 Å². The third-order valence-electron chi connectivity index (χ3n) is 4.28. The fourth-order valence-electron chi connectivity index (χ4n) is 2.55. The number of alkyl halides is 1. The summed E-state index contributed by atoms with van der Waals surface area (Å²) in [5.41, 5.74) is 3.43. The lowest BCUT2D eigenvalue weighted by atomic mass is 9.93. The first-order chi connectivity index (χ1) is 11.6. The largest absolute Gasteiger partial charge is 0.391 e. The number of aromatic nitrogens is 1. The maximum Gasteiger partial charge on any atom is 0.161 e. The molecule has 0 saturated carbocycles. The average molecular weight is 371 g/mol. The molecule has 4 N–H and O–H groups in total. The van der Waals surface area contributed by atoms with Gasteiger partial charge in [-0.2, -0.15) is 0 Å². The van der Waals surface area contributed by atoms with Crippen molar-refractivity contribution in [3.63, 3.8) is 0 Å². The fraction of sp³-hybridized carbons (Fsp3) is 0.579. The summed E-state index contributed by atoms with van der Waals surface area (Å²) in [6.07, 6.45) is 9.23. The number of anilines is 1. The van der Waals surface area contributed by atoms with E-state index in [4.69, 9.17) is 22.0 Å². The molecule has 0 unspecified atom stereocenters. The van der Waals surface area contributed by atoms with E-state index in [1.54, 1.807) is 12.3 Å². The molecule has 0 amide bonds. The summed E-state index contributed by atoms with van der Waals surface area (Å²) in [6.45, 7) is 8.16. The molecule has 0 aromatic carbocycles. The number of aliphatic hydroxyl groups excluding tert-OH is 1. The first-order valence-electron chi connectivity index (χ1n) is 8.63. The maximum atomic E-state index is 10.4. The highest BCUT2D eigenvalue weighted by Gasteiger charge is 2.30. The molecule has 1 rings (SSSR count). The van der Waals surface area contributed by atoms with Crippen molar-refractivity contribution in [1.29, 1.82) is 0 Å². The minimum absolute atomic E-state index is 0.0125. The van der Waals surface area contributed by atoms with Crippen LogP contribution in [-0.2, 0) is 6.42 Å². The van der Waals surface area contributed by atoms with Crippen molar-refractivity contribution in [2.24, 2.45) is 0 Å². The predicted octanol–water partition coefficient (Wildman–Crippen LogP) is 4.97. The molecule has 0 fully saturated rings. The lowest BCUT2D eigenvalue weighted by Crippen LogP contribution is -2.35. The van der Waals surface area contributed by atoms with Gasteiger partial charge in [-0.15, -0.1) is 16.8 Å². The molecule has 25 heavy (non-hydrogen) atoms. The second kappa shape index (κ2) is 10.0. The van der Waals surface area contributed by atoms with Crippen LogP contribution in [0.1, 0.15) is 58.9 Å². The van der Waals surface area contributed by atoms with Gasteiger partial charge in [-0.25, -0.2) is 0 Å². The zero-order valence-electron chi connectivity index (χ0n) is 15.6. The Morgan fingerprint density at radius 2 is 1.96 bits per heavy atom. The number of nitrogens with zero attached hydrogens (tertiary/aromatic N) is 1. The standard InChI is InChI=1S/C19H31ClN2O3/c1-14(2)7-5-8-15(3)9-6-10-19(4,20)17(23)11-16-12-18(21-13-16)22(24)25/h7,9,12-13,17,21,23-25H,5-6,8,10-11H2,1-4H3/b15-9+/t17-,19-/m1/s1. The van der Waals surface area contributed by atoms with E-state index >= 15 is 0 Å². The van der Waals surface area contributed by atoms with Gasteiger partial charge in [0.1, 0.15) is 0 Å². The van der Waals surface area contributed by atoms with Crippen molar-refractivity contribution >= 4 is 17.4 Å². The molecule has 2 atom stereocenters. The molecule has 0 radical (unpaired) electrons. The van der Waals surface area contributed by atoms with E-state index < -0.39 is 11.0 Å². The summed E-state index contributed by atoms with van der Waals surface area (Å²) < 4.78 is 0. The van der Waals surface area contributed by atoms with Crippen molar-refractivity contribution < 1.29 is 15.5 Å². The average Bonchev–Trinajstić information content (AvgIpc) is 2.95. The molecule has 0 saturated heterocycles. The van der Waals surface area contributed by atoms with Crippen molar-refractivity contribution in [3.8, 4) is 0 Å². The van der Waals surface area contributed by atoms with Crippen molar-refractivity contribution in [2.45, 2.75) is 70.8 Å². The van der Waals surface area contributed by atoms with Crippen LogP contribution in [0.15, 0.2) is 35.6 Å². The first kappa shape index (κ1) is 21.8. The molecule has 0 aliphatic carbocycles. The molecule has 1 aromatic heterocycles. The van der Waals surface area contributed by atoms with Gasteiger partial charge in [0, 0.05) is 12.6 Å². The van der Waals surface area contributed by atoms with Crippen LogP contribution in [-0.4, -0.2) is 31.5 Å². The number of nitrogens with one attached hydrogen (secondary N) is 1. The van der Waals surface area contributed by atoms with Gasteiger partial charge in [0.2, 0.25) is 0 Å². The molecule has 0 aliphatic heterocycles. The highest BCUT2D eigenvalue weighted by atomic mass is 35.5. The summed E-state index contributed by atoms with van der Waals surface area (Å²) in [7, 11) is 0. The van der Waals surface area contributed by atoms with Crippen molar-refractivity contribution in [3.05, 3.63) is 41.1 Å². The molecule has 5 nitrogen and oxygen atoms in total. The number of rotatable bonds is 10. The lowest BCUT2D eigenvalue weighted by molar-refractivity contribution is 0.0270. The highest BCUT2D eigenvalue weighted by molar-refractivity contribution is 6.24. The molecule has 0 aliphatic rings. The van der Waals surface area contributed by atoms with Crippen molar-refractivity contribution in [1.82, 2.24) is 4.98 Å². The van der Waals surface area contributed by atoms with E-state index in [0.717, 1.165) is 24.8 Å². The summed E-state index contributed by atoms with van der Waals surface area (Å²) in [4.78, 5) is 1.96. The Bertz CT molecular complexity index is 587. The Hall–Kier alpha value is -1.27. The van der Waals surface area contributed by atoms with Crippen LogP contribution in [0.4, 0.5) is 5.82 Å². The number of allylic oxidation sites excluding steroid dienone is 4. The number of H-pyrrole nitrogens is 1. The van der Waals surface area contributed by atoms with E-state index in [-0.39, 0.29) is 11.0 Å². The molecule has 1 heterocycles. The predicted molar refractivity (Wildman–Crippen MR) is 102 cm³/mol. The Labute approximate surface area is 155 Å². The summed E-state index contributed by atoms with van der Waals surface area (Å²) >= 11 is 6.53. The number of hydrogen-bond acceptors (Lipinski definition) is 4. The van der Waals surface area contributed by atoms with Gasteiger partial charge >= 0.3 is 0 Å². The van der Waals surface area contributed by atoms with Crippen LogP contribution in [0.2, 0.25) is 0 Å². The van der Waals surface area contributed by atoms with E-state index in [1.165, 1.54) is 11.1 Å². The van der Waals surface area contributed by atoms with Gasteiger partial charge in [-0.3, -0.25) is 10.4 Å². The third kappa shape index (κ3) is 8.10. The molecular formula is C19H31ClN2O3. The van der Waals surface area contributed by atoms with Crippen molar-refractivity contribution in [2.75, 3.05) is 5.23 Å². The number of halogens is 1. The normalized spacial score (nSPS) is 15.6. The summed E-state index contributed by atoms with van der Waals surface area (Å²) in [5, 5.41) is 28.3. The molecule has 1 aromatic rings. The SMILES string of the molecule is CC(C)=CCC/C(C)=C/CC[C@@](C)(Cl)[C@H](O)Cc1c[nH]c(N(O)O)c1. The van der Waals surface area contributed by atoms with Gasteiger partial charge in [0.15, 0.2) is 5.82 Å². The van der Waals surface area contributed by atoms with Gasteiger partial charge in [0.25, 0.3) is 0 Å². The third-order valence-corrected chi connectivity index (χ3v) is 4.72. The van der Waals surface area contributed by atoms with E-state index in [9.17, 15) is 5.11 Å². The van der Waals surface area contributed by atoms with Gasteiger partial charge in [-0.1, -0.05) is 23.3 Å². The summed E-state index contributed by atoms with van der Waals surface area (Å²) in [5.74, 6) is 0.147. The Balaban J connectivity index is 2.48. The maximum absolute atomic E-state index is 10.4. The molecule has 0 bridgehead atoms. The fourth-order valence-corrected chi connectivity index (χ4v) is 2.74. The van der Waals surface area contributed by atoms with Gasteiger partial charge < -0.3 is 10.1 Å². The lowest BCUT2D eigenvalue weighted by Gasteiger charge is -2.27. The zero-order chi connectivity index (χ0) is 19.0. The number of aliphatic hydroxyl groups is 1. The monoisotopic (exact) mass is 370 g/mol. The topological polar surface area (TPSA) is 79.7 Å². The van der Waals surface area contributed by atoms with E-state index in [1.807, 2.05) is 6.92 Å². The number of hydrogen-bond donors (Lipinski definition) is 4. The van der Waals surface area contributed by atoms with Crippen LogP contribution >= 0.6 is 11.6 Å². The van der Waals surface area contributed by atoms with Gasteiger partial charge in [0.05, 0.1) is 11.0 Å². The molecule has 6 heteroatoms. The first-order valence-corrected chi connectivity index (χ1v) is 9.00. The quantitative estimate of drug-likeness (QED) is 0.266. The summed E-state index contributed by atoms with van der Waals surface area (Å²) in [6, 6.07) is 1.56. The Morgan fingerprint density at radius 3 is 2.52 bits per heavy atom. The second-order valence-electron chi connectivity index (χ2n) is 7.09. The second-order valence-corrected chi connectivity index (χ2v) is 7.95.